The SMILES string of the molecule is O=C(Cc1[nH]nc2ccccc12)N1CCCO1. The predicted molar refractivity (Wildman–Crippen MR) is 62.1 cm³/mol. The minimum Gasteiger partial charge on any atom is -0.281 e. The predicted octanol–water partition coefficient (Wildman–Crippen LogP) is 1.27. The van der Waals surface area contributed by atoms with Gasteiger partial charge >= 0.3 is 0 Å². The first kappa shape index (κ1) is 10.3. The molecule has 17 heavy (non-hydrogen) atoms. The summed E-state index contributed by atoms with van der Waals surface area (Å²) in [6.45, 7) is 1.32. The number of benzene rings is 1. The van der Waals surface area contributed by atoms with Crippen molar-refractivity contribution >= 4 is 16.8 Å². The van der Waals surface area contributed by atoms with E-state index >= 15 is 0 Å². The topological polar surface area (TPSA) is 58.2 Å². The molecule has 0 spiro atoms. The van der Waals surface area contributed by atoms with Crippen LogP contribution < -0.4 is 0 Å². The highest BCUT2D eigenvalue weighted by atomic mass is 16.7. The van der Waals surface area contributed by atoms with Gasteiger partial charge < -0.3 is 0 Å². The number of aromatic nitrogens is 2. The van der Waals surface area contributed by atoms with Crippen molar-refractivity contribution in [3.63, 3.8) is 0 Å². The number of carbonyl (C=O) groups excluding carboxylic acids is 1. The van der Waals surface area contributed by atoms with E-state index in [1.54, 1.807) is 0 Å². The number of H-pyrrole nitrogens is 1. The second-order valence-electron chi connectivity index (χ2n) is 4.08. The third kappa shape index (κ3) is 1.89. The van der Waals surface area contributed by atoms with Gasteiger partial charge in [0.25, 0.3) is 5.91 Å². The molecule has 1 aliphatic rings. The largest absolute Gasteiger partial charge is 0.281 e. The molecular formula is C12H13N3O2. The minimum atomic E-state index is -0.0168. The Morgan fingerprint density at radius 1 is 1.47 bits per heavy atom. The molecule has 2 heterocycles. The molecular weight excluding hydrogens is 218 g/mol. The van der Waals surface area contributed by atoms with E-state index in [1.165, 1.54) is 5.06 Å². The van der Waals surface area contributed by atoms with Gasteiger partial charge in [0, 0.05) is 5.39 Å². The number of nitrogens with one attached hydrogen (secondary N) is 1. The number of hydroxylamine groups is 2. The van der Waals surface area contributed by atoms with E-state index in [2.05, 4.69) is 10.2 Å². The Bertz CT molecular complexity index is 543. The number of hydrogen-bond donors (Lipinski definition) is 1. The van der Waals surface area contributed by atoms with Crippen molar-refractivity contribution in [1.82, 2.24) is 15.3 Å². The molecule has 2 aromatic rings. The number of para-hydroxylation sites is 1. The highest BCUT2D eigenvalue weighted by Gasteiger charge is 2.20. The normalized spacial score (nSPS) is 15.6. The summed E-state index contributed by atoms with van der Waals surface area (Å²) in [5.74, 6) is -0.0168. The lowest BCUT2D eigenvalue weighted by Gasteiger charge is -2.12. The van der Waals surface area contributed by atoms with Crippen molar-refractivity contribution in [3.05, 3.63) is 30.0 Å². The molecule has 0 aliphatic carbocycles. The van der Waals surface area contributed by atoms with Gasteiger partial charge in [-0.05, 0) is 12.5 Å². The molecule has 5 nitrogen and oxygen atoms in total. The van der Waals surface area contributed by atoms with Gasteiger partial charge in [-0.2, -0.15) is 5.10 Å². The number of hydrogen-bond acceptors (Lipinski definition) is 3. The smallest absolute Gasteiger partial charge is 0.252 e. The zero-order valence-corrected chi connectivity index (χ0v) is 9.35. The third-order valence-electron chi connectivity index (χ3n) is 2.90. The van der Waals surface area contributed by atoms with Gasteiger partial charge in [-0.1, -0.05) is 18.2 Å². The van der Waals surface area contributed by atoms with Gasteiger partial charge in [-0.3, -0.25) is 14.7 Å². The van der Waals surface area contributed by atoms with Crippen LogP contribution in [0.1, 0.15) is 12.1 Å². The maximum Gasteiger partial charge on any atom is 0.252 e. The molecule has 1 aliphatic heterocycles. The quantitative estimate of drug-likeness (QED) is 0.846. The van der Waals surface area contributed by atoms with Crippen molar-refractivity contribution < 1.29 is 9.63 Å². The lowest BCUT2D eigenvalue weighted by atomic mass is 10.1. The van der Waals surface area contributed by atoms with Gasteiger partial charge in [-0.15, -0.1) is 0 Å². The van der Waals surface area contributed by atoms with Gasteiger partial charge in [0.05, 0.1) is 30.8 Å². The van der Waals surface area contributed by atoms with E-state index in [1.807, 2.05) is 24.3 Å². The fraction of sp³-hybridized carbons (Fsp3) is 0.333. The van der Waals surface area contributed by atoms with Gasteiger partial charge in [0.2, 0.25) is 0 Å². The molecule has 5 heteroatoms. The van der Waals surface area contributed by atoms with Crippen molar-refractivity contribution in [2.45, 2.75) is 12.8 Å². The molecule has 1 aromatic heterocycles. The van der Waals surface area contributed by atoms with Gasteiger partial charge in [-0.25, -0.2) is 5.06 Å². The Morgan fingerprint density at radius 2 is 2.35 bits per heavy atom. The van der Waals surface area contributed by atoms with Crippen LogP contribution in [0.3, 0.4) is 0 Å². The summed E-state index contributed by atoms with van der Waals surface area (Å²) >= 11 is 0. The van der Waals surface area contributed by atoms with Crippen molar-refractivity contribution in [2.24, 2.45) is 0 Å². The average molecular weight is 231 g/mol. The fourth-order valence-electron chi connectivity index (χ4n) is 2.03. The van der Waals surface area contributed by atoms with Crippen LogP contribution >= 0.6 is 0 Å². The van der Waals surface area contributed by atoms with Crippen LogP contribution in [0.4, 0.5) is 0 Å². The molecule has 0 saturated carbocycles. The molecule has 0 atom stereocenters. The summed E-state index contributed by atoms with van der Waals surface area (Å²) in [4.78, 5) is 17.1. The second kappa shape index (κ2) is 4.18. The number of amides is 1. The molecule has 1 saturated heterocycles. The Morgan fingerprint density at radius 3 is 3.18 bits per heavy atom. The number of nitrogens with zero attached hydrogens (tertiary/aromatic N) is 2. The molecule has 0 radical (unpaired) electrons. The van der Waals surface area contributed by atoms with Gasteiger partial charge in [0.1, 0.15) is 0 Å². The Balaban J connectivity index is 1.82. The van der Waals surface area contributed by atoms with E-state index in [0.29, 0.717) is 19.6 Å². The first-order valence-corrected chi connectivity index (χ1v) is 5.70. The number of carbonyl (C=O) groups is 1. The third-order valence-corrected chi connectivity index (χ3v) is 2.90. The molecule has 1 amide bonds. The van der Waals surface area contributed by atoms with Crippen LogP contribution in [0.5, 0.6) is 0 Å². The summed E-state index contributed by atoms with van der Waals surface area (Å²) in [5.41, 5.74) is 1.73. The summed E-state index contributed by atoms with van der Waals surface area (Å²) in [6.07, 6.45) is 1.22. The van der Waals surface area contributed by atoms with Crippen LogP contribution in [0.25, 0.3) is 10.9 Å². The fourth-order valence-corrected chi connectivity index (χ4v) is 2.03. The highest BCUT2D eigenvalue weighted by molar-refractivity contribution is 5.86. The molecule has 1 aromatic carbocycles. The maximum absolute atomic E-state index is 11.9. The number of aromatic amines is 1. The van der Waals surface area contributed by atoms with Crippen molar-refractivity contribution in [1.29, 1.82) is 0 Å². The lowest BCUT2D eigenvalue weighted by Crippen LogP contribution is -2.28. The van der Waals surface area contributed by atoms with Crippen LogP contribution in [0.2, 0.25) is 0 Å². The zero-order valence-electron chi connectivity index (χ0n) is 9.35. The van der Waals surface area contributed by atoms with Gasteiger partial charge in [0.15, 0.2) is 0 Å². The minimum absolute atomic E-state index is 0.0168. The second-order valence-corrected chi connectivity index (χ2v) is 4.08. The van der Waals surface area contributed by atoms with Crippen LogP contribution in [-0.4, -0.2) is 34.3 Å². The van der Waals surface area contributed by atoms with Crippen LogP contribution in [0, 0.1) is 0 Å². The number of fused-ring (bicyclic) bond motifs is 1. The molecule has 88 valence electrons. The lowest BCUT2D eigenvalue weighted by molar-refractivity contribution is -0.167. The molecule has 1 N–H and O–H groups in total. The molecule has 1 fully saturated rings. The van der Waals surface area contributed by atoms with Crippen molar-refractivity contribution in [3.8, 4) is 0 Å². The molecule has 0 bridgehead atoms. The Labute approximate surface area is 98.3 Å². The summed E-state index contributed by atoms with van der Waals surface area (Å²) in [5, 5.41) is 9.52. The first-order chi connectivity index (χ1) is 8.34. The van der Waals surface area contributed by atoms with Crippen molar-refractivity contribution in [2.75, 3.05) is 13.2 Å². The van der Waals surface area contributed by atoms with E-state index in [4.69, 9.17) is 4.84 Å². The zero-order chi connectivity index (χ0) is 11.7. The standard InChI is InChI=1S/C12H13N3O2/c16-12(15-6-3-7-17-15)8-11-9-4-1-2-5-10(9)13-14-11/h1-2,4-5H,3,6-8H2,(H,13,14). The maximum atomic E-state index is 11.9. The van der Waals surface area contributed by atoms with E-state index in [-0.39, 0.29) is 5.91 Å². The van der Waals surface area contributed by atoms with E-state index in [0.717, 1.165) is 23.0 Å². The number of rotatable bonds is 2. The Kier molecular flexibility index (Phi) is 2.53. The molecule has 0 unspecified atom stereocenters. The van der Waals surface area contributed by atoms with E-state index < -0.39 is 0 Å². The highest BCUT2D eigenvalue weighted by Crippen LogP contribution is 2.17. The molecule has 3 rings (SSSR count). The monoisotopic (exact) mass is 231 g/mol. The van der Waals surface area contributed by atoms with Crippen LogP contribution in [-0.2, 0) is 16.1 Å². The average Bonchev–Trinajstić information content (AvgIpc) is 2.98. The first-order valence-electron chi connectivity index (χ1n) is 5.70. The summed E-state index contributed by atoms with van der Waals surface area (Å²) < 4.78 is 0. The van der Waals surface area contributed by atoms with Crippen LogP contribution in [0.15, 0.2) is 24.3 Å². The summed E-state index contributed by atoms with van der Waals surface area (Å²) in [6, 6.07) is 7.76. The Hall–Kier alpha value is -1.88. The van der Waals surface area contributed by atoms with E-state index in [9.17, 15) is 4.79 Å². The summed E-state index contributed by atoms with van der Waals surface area (Å²) in [7, 11) is 0.